The lowest BCUT2D eigenvalue weighted by Gasteiger charge is -2.27. The third-order valence-electron chi connectivity index (χ3n) is 5.28. The Morgan fingerprint density at radius 1 is 1.25 bits per heavy atom. The number of halogens is 3. The van der Waals surface area contributed by atoms with Crippen LogP contribution >= 0.6 is 0 Å². The van der Waals surface area contributed by atoms with Gasteiger partial charge in [0.15, 0.2) is 12.4 Å². The van der Waals surface area contributed by atoms with E-state index in [0.29, 0.717) is 5.69 Å². The Labute approximate surface area is 203 Å². The van der Waals surface area contributed by atoms with Gasteiger partial charge in [-0.25, -0.2) is 5.06 Å². The van der Waals surface area contributed by atoms with Gasteiger partial charge in [0.1, 0.15) is 11.4 Å². The number of nitrogens with zero attached hydrogens (tertiary/aromatic N) is 4. The molecular weight excluding hydrogens is 481 g/mol. The number of benzene rings is 1. The summed E-state index contributed by atoms with van der Waals surface area (Å²) in [6, 6.07) is 7.49. The fourth-order valence-corrected chi connectivity index (χ4v) is 3.49. The van der Waals surface area contributed by atoms with Gasteiger partial charge in [-0.1, -0.05) is 6.07 Å². The van der Waals surface area contributed by atoms with Crippen LogP contribution in [0.2, 0.25) is 0 Å². The van der Waals surface area contributed by atoms with E-state index < -0.39 is 24.6 Å². The summed E-state index contributed by atoms with van der Waals surface area (Å²) in [6.07, 6.45) is -0.187. The molecule has 190 valence electrons. The number of alkyl halides is 3. The molecule has 2 amide bonds. The van der Waals surface area contributed by atoms with Crippen LogP contribution in [-0.2, 0) is 11.9 Å². The molecule has 1 aliphatic rings. The van der Waals surface area contributed by atoms with Gasteiger partial charge in [-0.15, -0.1) is 0 Å². The van der Waals surface area contributed by atoms with Crippen molar-refractivity contribution in [2.24, 2.45) is 12.8 Å². The fourth-order valence-electron chi connectivity index (χ4n) is 3.49. The molecular formula is C23H23F3N6O4. The second-order valence-electron chi connectivity index (χ2n) is 8.11. The predicted octanol–water partition coefficient (Wildman–Crippen LogP) is 3.11. The second kappa shape index (κ2) is 9.85. The lowest BCUT2D eigenvalue weighted by atomic mass is 10.1. The average Bonchev–Trinajstić information content (AvgIpc) is 3.54. The molecule has 1 fully saturated rings. The molecule has 0 aliphatic heterocycles. The van der Waals surface area contributed by atoms with Crippen LogP contribution in [0.4, 0.5) is 24.5 Å². The van der Waals surface area contributed by atoms with Crippen molar-refractivity contribution >= 4 is 23.2 Å². The number of anilines is 2. The summed E-state index contributed by atoms with van der Waals surface area (Å²) in [5.74, 6) is -1.56. The van der Waals surface area contributed by atoms with E-state index >= 15 is 0 Å². The molecule has 2 aromatic heterocycles. The highest BCUT2D eigenvalue weighted by atomic mass is 19.4. The van der Waals surface area contributed by atoms with Crippen molar-refractivity contribution in [2.45, 2.75) is 25.1 Å². The van der Waals surface area contributed by atoms with Crippen LogP contribution in [0, 0.1) is 0 Å². The first kappa shape index (κ1) is 25.0. The molecule has 2 heterocycles. The molecule has 3 aromatic rings. The zero-order valence-electron chi connectivity index (χ0n) is 19.4. The van der Waals surface area contributed by atoms with Gasteiger partial charge in [0.25, 0.3) is 11.8 Å². The molecule has 0 saturated heterocycles. The van der Waals surface area contributed by atoms with Gasteiger partial charge < -0.3 is 15.8 Å². The highest BCUT2D eigenvalue weighted by Gasteiger charge is 2.32. The number of aromatic nitrogens is 3. The molecule has 4 rings (SSSR count). The molecule has 1 saturated carbocycles. The van der Waals surface area contributed by atoms with Gasteiger partial charge in [-0.05, 0) is 37.1 Å². The quantitative estimate of drug-likeness (QED) is 0.429. The lowest BCUT2D eigenvalue weighted by molar-refractivity contribution is -0.153. The van der Waals surface area contributed by atoms with Crippen molar-refractivity contribution in [3.63, 3.8) is 0 Å². The Balaban J connectivity index is 1.85. The lowest BCUT2D eigenvalue weighted by Crippen LogP contribution is -2.28. The zero-order valence-corrected chi connectivity index (χ0v) is 19.4. The molecule has 1 aliphatic carbocycles. The summed E-state index contributed by atoms with van der Waals surface area (Å²) in [7, 11) is 2.91. The van der Waals surface area contributed by atoms with E-state index in [9.17, 15) is 22.8 Å². The minimum absolute atomic E-state index is 0.00373. The van der Waals surface area contributed by atoms with Crippen LogP contribution in [0.1, 0.15) is 33.7 Å². The van der Waals surface area contributed by atoms with E-state index in [-0.39, 0.29) is 40.0 Å². The number of carbonyl (C=O) groups is 2. The normalized spacial score (nSPS) is 13.4. The Kier molecular flexibility index (Phi) is 6.84. The molecule has 36 heavy (non-hydrogen) atoms. The van der Waals surface area contributed by atoms with Crippen LogP contribution in [0.5, 0.6) is 5.75 Å². The van der Waals surface area contributed by atoms with Crippen LogP contribution in [0.25, 0.3) is 11.3 Å². The first-order valence-corrected chi connectivity index (χ1v) is 10.8. The van der Waals surface area contributed by atoms with Crippen molar-refractivity contribution in [3.8, 4) is 17.0 Å². The van der Waals surface area contributed by atoms with Gasteiger partial charge in [-0.3, -0.25) is 24.1 Å². The maximum absolute atomic E-state index is 13.1. The summed E-state index contributed by atoms with van der Waals surface area (Å²) in [5.41, 5.74) is 6.00. The zero-order chi connectivity index (χ0) is 26.0. The smallest absolute Gasteiger partial charge is 0.422 e. The first-order chi connectivity index (χ1) is 17.1. The van der Waals surface area contributed by atoms with E-state index in [1.165, 1.54) is 23.9 Å². The summed E-state index contributed by atoms with van der Waals surface area (Å²) in [4.78, 5) is 34.3. The number of hydrogen-bond donors (Lipinski definition) is 2. The maximum Gasteiger partial charge on any atom is 0.422 e. The first-order valence-electron chi connectivity index (χ1n) is 10.8. The molecule has 0 unspecified atom stereocenters. The number of pyridine rings is 1. The number of primary amides is 1. The van der Waals surface area contributed by atoms with E-state index in [4.69, 9.17) is 15.3 Å². The summed E-state index contributed by atoms with van der Waals surface area (Å²) >= 11 is 0. The van der Waals surface area contributed by atoms with Crippen LogP contribution in [0.15, 0.2) is 42.7 Å². The largest absolute Gasteiger partial charge is 0.481 e. The van der Waals surface area contributed by atoms with Gasteiger partial charge in [0.05, 0.1) is 24.1 Å². The second-order valence-corrected chi connectivity index (χ2v) is 8.11. The summed E-state index contributed by atoms with van der Waals surface area (Å²) in [6.45, 7) is -1.59. The van der Waals surface area contributed by atoms with Gasteiger partial charge in [0, 0.05) is 31.0 Å². The molecule has 0 spiro atoms. The highest BCUT2D eigenvalue weighted by Crippen LogP contribution is 2.42. The Hall–Kier alpha value is -4.13. The number of nitrogens with two attached hydrogens (primary N) is 1. The molecule has 0 atom stereocenters. The van der Waals surface area contributed by atoms with Crippen molar-refractivity contribution in [1.29, 1.82) is 0 Å². The molecule has 3 N–H and O–H groups in total. The minimum atomic E-state index is -4.63. The third-order valence-corrected chi connectivity index (χ3v) is 5.28. The Morgan fingerprint density at radius 3 is 2.58 bits per heavy atom. The number of hydrogen-bond acceptors (Lipinski definition) is 7. The number of ether oxygens (including phenoxy) is 1. The molecule has 1 aromatic carbocycles. The number of nitrogens with one attached hydrogen (secondary N) is 1. The van der Waals surface area contributed by atoms with E-state index in [1.807, 2.05) is 0 Å². The van der Waals surface area contributed by atoms with Gasteiger partial charge in [-0.2, -0.15) is 18.3 Å². The third kappa shape index (κ3) is 5.57. The highest BCUT2D eigenvalue weighted by molar-refractivity contribution is 6.02. The van der Waals surface area contributed by atoms with Crippen molar-refractivity contribution in [1.82, 2.24) is 20.1 Å². The molecule has 0 radical (unpaired) electrons. The minimum Gasteiger partial charge on any atom is -0.481 e. The maximum atomic E-state index is 13.1. The molecule has 0 bridgehead atoms. The summed E-state index contributed by atoms with van der Waals surface area (Å²) in [5, 5.41) is 8.11. The van der Waals surface area contributed by atoms with Gasteiger partial charge in [0.2, 0.25) is 0 Å². The van der Waals surface area contributed by atoms with Gasteiger partial charge >= 0.3 is 6.18 Å². The van der Waals surface area contributed by atoms with E-state index in [1.54, 1.807) is 31.4 Å². The number of aryl methyl sites for hydroxylation is 1. The standard InChI is InChI=1S/C23H23F3N6O4/c1-31-9-8-16(30-31)14-4-3-5-18(20(14)36-12-23(24,25)26)32(35-2)19-10-17(22(34)29-13-6-7-13)28-11-15(19)21(27)33/h3-5,8-11,13H,6-7,12H2,1-2H3,(H2,27,33)(H,29,34). The average molecular weight is 504 g/mol. The van der Waals surface area contributed by atoms with Crippen LogP contribution in [0.3, 0.4) is 0 Å². The van der Waals surface area contributed by atoms with Crippen LogP contribution in [-0.4, -0.2) is 52.5 Å². The van der Waals surface area contributed by atoms with Crippen molar-refractivity contribution in [3.05, 3.63) is 54.0 Å². The summed E-state index contributed by atoms with van der Waals surface area (Å²) < 4.78 is 46.1. The Morgan fingerprint density at radius 2 is 2.00 bits per heavy atom. The van der Waals surface area contributed by atoms with Crippen molar-refractivity contribution < 1.29 is 32.3 Å². The monoisotopic (exact) mass is 504 g/mol. The Bertz CT molecular complexity index is 1290. The number of para-hydroxylation sites is 1. The molecule has 10 nitrogen and oxygen atoms in total. The van der Waals surface area contributed by atoms with Crippen LogP contribution < -0.4 is 20.9 Å². The fraction of sp³-hybridized carbons (Fsp3) is 0.304. The SMILES string of the molecule is CON(c1cc(C(=O)NC2CC2)ncc1C(N)=O)c1cccc(-c2ccn(C)n2)c1OCC(F)(F)F. The van der Waals surface area contributed by atoms with E-state index in [0.717, 1.165) is 24.1 Å². The molecule has 13 heteroatoms. The van der Waals surface area contributed by atoms with E-state index in [2.05, 4.69) is 15.4 Å². The number of rotatable bonds is 9. The topological polar surface area (TPSA) is 125 Å². The predicted molar refractivity (Wildman–Crippen MR) is 123 cm³/mol. The van der Waals surface area contributed by atoms with Crippen molar-refractivity contribution in [2.75, 3.05) is 18.8 Å². The number of carbonyl (C=O) groups excluding carboxylic acids is 2. The number of amides is 2.